The second-order valence-electron chi connectivity index (χ2n) is 2.81. The molecule has 0 saturated carbocycles. The topological polar surface area (TPSA) is 54.6 Å². The van der Waals surface area contributed by atoms with E-state index in [0.29, 0.717) is 5.69 Å². The average Bonchev–Trinajstić information content (AvgIpc) is 2.19. The first-order chi connectivity index (χ1) is 6.72. The van der Waals surface area contributed by atoms with Crippen LogP contribution in [0.4, 0.5) is 0 Å². The Morgan fingerprint density at radius 1 is 1.57 bits per heavy atom. The summed E-state index contributed by atoms with van der Waals surface area (Å²) in [4.78, 5) is 15.5. The Hall–Kier alpha value is -1.55. The van der Waals surface area contributed by atoms with E-state index in [1.54, 1.807) is 12.3 Å². The molecule has 0 saturated heterocycles. The van der Waals surface area contributed by atoms with Crippen LogP contribution in [0.2, 0.25) is 0 Å². The van der Waals surface area contributed by atoms with Crippen molar-refractivity contribution in [2.45, 2.75) is 5.88 Å². The van der Waals surface area contributed by atoms with Crippen molar-refractivity contribution in [2.75, 3.05) is 0 Å². The lowest BCUT2D eigenvalue weighted by Crippen LogP contribution is -2.14. The molecule has 2 heterocycles. The summed E-state index contributed by atoms with van der Waals surface area (Å²) in [5.74, 6) is 0.122. The van der Waals surface area contributed by atoms with E-state index in [1.807, 2.05) is 0 Å². The molecular weight excluding hydrogens is 204 g/mol. The first kappa shape index (κ1) is 9.02. The number of nitrogens with zero attached hydrogens (tertiary/aromatic N) is 2. The second kappa shape index (κ2) is 3.31. The molecule has 0 unspecified atom stereocenters. The lowest BCUT2D eigenvalue weighted by Gasteiger charge is -2.02. The Morgan fingerprint density at radius 2 is 2.36 bits per heavy atom. The Bertz CT molecular complexity index is 536. The fourth-order valence-corrected chi connectivity index (χ4v) is 1.36. The minimum absolute atomic E-state index is 0.0310. The largest absolute Gasteiger partial charge is 0.504 e. The molecule has 4 nitrogen and oxygen atoms in total. The van der Waals surface area contributed by atoms with Gasteiger partial charge in [0, 0.05) is 12.3 Å². The van der Waals surface area contributed by atoms with Crippen LogP contribution >= 0.6 is 11.6 Å². The van der Waals surface area contributed by atoms with Crippen LogP contribution in [0.25, 0.3) is 5.65 Å². The Morgan fingerprint density at radius 3 is 3.07 bits per heavy atom. The molecule has 0 spiro atoms. The Labute approximate surface area is 84.4 Å². The minimum atomic E-state index is -0.249. The maximum absolute atomic E-state index is 11.5. The summed E-state index contributed by atoms with van der Waals surface area (Å²) < 4.78 is 1.27. The second-order valence-corrected chi connectivity index (χ2v) is 3.07. The van der Waals surface area contributed by atoms with Crippen molar-refractivity contribution < 1.29 is 5.11 Å². The van der Waals surface area contributed by atoms with Crippen molar-refractivity contribution in [3.63, 3.8) is 0 Å². The molecule has 2 rings (SSSR count). The summed E-state index contributed by atoms with van der Waals surface area (Å²) in [5, 5.41) is 9.45. The molecular formula is C9H7ClN2O2. The molecule has 0 atom stereocenters. The van der Waals surface area contributed by atoms with Crippen molar-refractivity contribution >= 4 is 17.2 Å². The van der Waals surface area contributed by atoms with Crippen molar-refractivity contribution in [3.8, 4) is 5.75 Å². The van der Waals surface area contributed by atoms with Crippen molar-refractivity contribution in [2.24, 2.45) is 0 Å². The Kier molecular flexibility index (Phi) is 2.13. The van der Waals surface area contributed by atoms with Crippen LogP contribution < -0.4 is 5.56 Å². The molecule has 0 aliphatic rings. The number of halogens is 1. The van der Waals surface area contributed by atoms with Gasteiger partial charge in [0.05, 0.1) is 11.6 Å². The van der Waals surface area contributed by atoms with Crippen LogP contribution in [0.3, 0.4) is 0 Å². The number of aromatic hydroxyl groups is 1. The average molecular weight is 211 g/mol. The van der Waals surface area contributed by atoms with E-state index in [4.69, 9.17) is 11.6 Å². The van der Waals surface area contributed by atoms with E-state index in [-0.39, 0.29) is 22.8 Å². The molecule has 72 valence electrons. The molecule has 14 heavy (non-hydrogen) atoms. The third-order valence-electron chi connectivity index (χ3n) is 1.86. The predicted molar refractivity (Wildman–Crippen MR) is 52.7 cm³/mol. The van der Waals surface area contributed by atoms with Gasteiger partial charge in [0.25, 0.3) is 5.56 Å². The molecule has 0 amide bonds. The Balaban J connectivity index is 2.91. The highest BCUT2D eigenvalue weighted by atomic mass is 35.5. The number of hydrogen-bond acceptors (Lipinski definition) is 3. The summed E-state index contributed by atoms with van der Waals surface area (Å²) in [6.07, 6.45) is 1.54. The van der Waals surface area contributed by atoms with Gasteiger partial charge in [-0.2, -0.15) is 0 Å². The van der Waals surface area contributed by atoms with Crippen molar-refractivity contribution in [1.29, 1.82) is 0 Å². The quantitative estimate of drug-likeness (QED) is 0.719. The zero-order chi connectivity index (χ0) is 10.1. The fraction of sp³-hybridized carbons (Fsp3) is 0.111. The van der Waals surface area contributed by atoms with Crippen LogP contribution in [0.5, 0.6) is 5.75 Å². The van der Waals surface area contributed by atoms with Gasteiger partial charge in [-0.15, -0.1) is 11.6 Å². The number of pyridine rings is 1. The minimum Gasteiger partial charge on any atom is -0.504 e. The maximum Gasteiger partial charge on any atom is 0.258 e. The lowest BCUT2D eigenvalue weighted by atomic mass is 10.4. The smallest absolute Gasteiger partial charge is 0.258 e. The molecule has 1 N–H and O–H groups in total. The van der Waals surface area contributed by atoms with Crippen molar-refractivity contribution in [1.82, 2.24) is 9.38 Å². The first-order valence-corrected chi connectivity index (χ1v) is 4.52. The first-order valence-electron chi connectivity index (χ1n) is 3.98. The highest BCUT2D eigenvalue weighted by Crippen LogP contribution is 2.13. The van der Waals surface area contributed by atoms with Crippen LogP contribution in [0, 0.1) is 0 Å². The zero-order valence-electron chi connectivity index (χ0n) is 7.14. The zero-order valence-corrected chi connectivity index (χ0v) is 7.90. The van der Waals surface area contributed by atoms with Gasteiger partial charge >= 0.3 is 0 Å². The highest BCUT2D eigenvalue weighted by Gasteiger charge is 2.04. The van der Waals surface area contributed by atoms with E-state index >= 15 is 0 Å². The van der Waals surface area contributed by atoms with Crippen LogP contribution in [-0.2, 0) is 5.88 Å². The van der Waals surface area contributed by atoms with E-state index in [0.717, 1.165) is 0 Å². The van der Waals surface area contributed by atoms with E-state index in [9.17, 15) is 9.90 Å². The van der Waals surface area contributed by atoms with E-state index in [1.165, 1.54) is 16.5 Å². The summed E-state index contributed by atoms with van der Waals surface area (Å²) in [5.41, 5.74) is 0.440. The van der Waals surface area contributed by atoms with Crippen molar-refractivity contribution in [3.05, 3.63) is 40.4 Å². The molecule has 2 aromatic rings. The molecule has 0 aliphatic carbocycles. The summed E-state index contributed by atoms with van der Waals surface area (Å²) >= 11 is 5.56. The molecule has 0 radical (unpaired) electrons. The van der Waals surface area contributed by atoms with Gasteiger partial charge in [0.2, 0.25) is 0 Å². The SMILES string of the molecule is O=c1cc(CCl)nc2c(O)cccn12. The highest BCUT2D eigenvalue weighted by molar-refractivity contribution is 6.16. The van der Waals surface area contributed by atoms with Gasteiger partial charge in [0.15, 0.2) is 11.4 Å². The van der Waals surface area contributed by atoms with Gasteiger partial charge in [-0.1, -0.05) is 0 Å². The number of hydrogen-bond donors (Lipinski definition) is 1. The molecule has 0 aromatic carbocycles. The molecule has 5 heteroatoms. The van der Waals surface area contributed by atoms with Crippen LogP contribution in [-0.4, -0.2) is 14.5 Å². The van der Waals surface area contributed by atoms with Crippen LogP contribution in [0.15, 0.2) is 29.2 Å². The third-order valence-corrected chi connectivity index (χ3v) is 2.13. The number of fused-ring (bicyclic) bond motifs is 1. The van der Waals surface area contributed by atoms with Gasteiger partial charge in [-0.25, -0.2) is 4.98 Å². The number of aromatic nitrogens is 2. The van der Waals surface area contributed by atoms with Gasteiger partial charge in [0.1, 0.15) is 0 Å². The molecule has 2 aromatic heterocycles. The van der Waals surface area contributed by atoms with Gasteiger partial charge in [-0.05, 0) is 12.1 Å². The molecule has 0 fully saturated rings. The maximum atomic E-state index is 11.5. The van der Waals surface area contributed by atoms with E-state index in [2.05, 4.69) is 4.98 Å². The normalized spacial score (nSPS) is 10.6. The van der Waals surface area contributed by atoms with Gasteiger partial charge < -0.3 is 5.11 Å². The van der Waals surface area contributed by atoms with E-state index < -0.39 is 0 Å². The summed E-state index contributed by atoms with van der Waals surface area (Å²) in [6, 6.07) is 4.39. The van der Waals surface area contributed by atoms with Gasteiger partial charge in [-0.3, -0.25) is 9.20 Å². The summed E-state index contributed by atoms with van der Waals surface area (Å²) in [6.45, 7) is 0. The summed E-state index contributed by atoms with van der Waals surface area (Å²) in [7, 11) is 0. The standard InChI is InChI=1S/C9H7ClN2O2/c10-5-6-4-8(14)12-3-1-2-7(13)9(12)11-6/h1-4,13H,5H2. The predicted octanol–water partition coefficient (Wildman–Crippen LogP) is 1.14. The molecule has 0 bridgehead atoms. The van der Waals surface area contributed by atoms with Crippen LogP contribution in [0.1, 0.15) is 5.69 Å². The monoisotopic (exact) mass is 210 g/mol. The number of alkyl halides is 1. The molecule has 0 aliphatic heterocycles. The third kappa shape index (κ3) is 1.33. The lowest BCUT2D eigenvalue weighted by molar-refractivity contribution is 0.476. The fourth-order valence-electron chi connectivity index (χ4n) is 1.23. The number of rotatable bonds is 1.